The van der Waals surface area contributed by atoms with Gasteiger partial charge < -0.3 is 9.64 Å². The molecule has 7 heteroatoms. The van der Waals surface area contributed by atoms with Crippen LogP contribution in [0.1, 0.15) is 52.0 Å². The van der Waals surface area contributed by atoms with Gasteiger partial charge in [-0.2, -0.15) is 0 Å². The zero-order valence-electron chi connectivity index (χ0n) is 21.9. The van der Waals surface area contributed by atoms with Gasteiger partial charge in [0.1, 0.15) is 11.4 Å². The Morgan fingerprint density at radius 2 is 1.73 bits per heavy atom. The highest BCUT2D eigenvalue weighted by atomic mass is 35.5. The minimum Gasteiger partial charge on any atom is -0.444 e. The van der Waals surface area contributed by atoms with Crippen molar-refractivity contribution >= 4 is 28.6 Å². The van der Waals surface area contributed by atoms with Gasteiger partial charge in [-0.05, 0) is 100 Å². The molecule has 0 unspecified atom stereocenters. The van der Waals surface area contributed by atoms with Crippen LogP contribution in [-0.2, 0) is 11.3 Å². The number of likely N-dealkylation sites (tertiary alicyclic amines) is 2. The molecule has 37 heavy (non-hydrogen) atoms. The van der Waals surface area contributed by atoms with E-state index >= 15 is 4.39 Å². The quantitative estimate of drug-likeness (QED) is 0.361. The number of aromatic nitrogens is 1. The topological polar surface area (TPSA) is 45.7 Å². The van der Waals surface area contributed by atoms with E-state index in [-0.39, 0.29) is 11.9 Å². The van der Waals surface area contributed by atoms with Gasteiger partial charge in [-0.3, -0.25) is 9.88 Å². The largest absolute Gasteiger partial charge is 0.444 e. The molecular weight excluding hydrogens is 489 g/mol. The Morgan fingerprint density at radius 3 is 2.41 bits per heavy atom. The number of hydrogen-bond donors (Lipinski definition) is 0. The number of fused-ring (bicyclic) bond motifs is 1. The molecular formula is C30H35ClFN3O2. The molecule has 0 saturated carbocycles. The summed E-state index contributed by atoms with van der Waals surface area (Å²) in [5, 5.41) is 1.44. The number of hydrogen-bond acceptors (Lipinski definition) is 4. The third kappa shape index (κ3) is 5.91. The van der Waals surface area contributed by atoms with Gasteiger partial charge >= 0.3 is 6.09 Å². The van der Waals surface area contributed by atoms with E-state index < -0.39 is 5.60 Å². The van der Waals surface area contributed by atoms with Crippen molar-refractivity contribution in [3.63, 3.8) is 0 Å². The van der Waals surface area contributed by atoms with Crippen molar-refractivity contribution in [3.8, 4) is 11.1 Å². The van der Waals surface area contributed by atoms with Crippen molar-refractivity contribution < 1.29 is 13.9 Å². The lowest BCUT2D eigenvalue weighted by Gasteiger charge is -2.46. The standard InChI is InChI=1S/C30H35ClFN3O2/c1-29(2,3)37-28(36)35-16-11-30(12-17-35)9-14-34(15-10-30)20-21-4-6-23(26(32)18-21)22-5-7-27-24(19-22)25(31)8-13-33-27/h4-8,13,18-19H,9-12,14-17,20H2,1-3H3. The Kier molecular flexibility index (Phi) is 7.16. The molecule has 5 rings (SSSR count). The lowest BCUT2D eigenvalue weighted by Crippen LogP contribution is -2.49. The van der Waals surface area contributed by atoms with Crippen LogP contribution in [0.25, 0.3) is 22.0 Å². The molecule has 3 heterocycles. The van der Waals surface area contributed by atoms with E-state index in [0.717, 1.165) is 80.4 Å². The summed E-state index contributed by atoms with van der Waals surface area (Å²) in [5.74, 6) is -0.222. The van der Waals surface area contributed by atoms with Crippen LogP contribution in [-0.4, -0.2) is 52.7 Å². The van der Waals surface area contributed by atoms with Gasteiger partial charge in [0.15, 0.2) is 0 Å². The minimum absolute atomic E-state index is 0.200. The molecule has 5 nitrogen and oxygen atoms in total. The fourth-order valence-corrected chi connectivity index (χ4v) is 5.81. The molecule has 2 aliphatic heterocycles. The van der Waals surface area contributed by atoms with E-state index in [2.05, 4.69) is 9.88 Å². The SMILES string of the molecule is CC(C)(C)OC(=O)N1CCC2(CCN(Cc3ccc(-c4ccc5nccc(Cl)c5c4)c(F)c3)CC2)CC1. The van der Waals surface area contributed by atoms with Crippen molar-refractivity contribution in [1.29, 1.82) is 0 Å². The predicted molar refractivity (Wildman–Crippen MR) is 146 cm³/mol. The second-order valence-corrected chi connectivity index (χ2v) is 12.0. The maximum atomic E-state index is 15.2. The fourth-order valence-electron chi connectivity index (χ4n) is 5.61. The number of pyridine rings is 1. The molecule has 2 saturated heterocycles. The normalized spacial score (nSPS) is 18.4. The van der Waals surface area contributed by atoms with Gasteiger partial charge in [0.05, 0.1) is 10.5 Å². The van der Waals surface area contributed by atoms with Crippen LogP contribution in [0.15, 0.2) is 48.7 Å². The van der Waals surface area contributed by atoms with Crippen LogP contribution >= 0.6 is 11.6 Å². The molecule has 0 N–H and O–H groups in total. The lowest BCUT2D eigenvalue weighted by atomic mass is 9.71. The van der Waals surface area contributed by atoms with Crippen LogP contribution in [0, 0.1) is 11.2 Å². The maximum Gasteiger partial charge on any atom is 0.410 e. The van der Waals surface area contributed by atoms with Crippen LogP contribution in [0.3, 0.4) is 0 Å². The zero-order valence-corrected chi connectivity index (χ0v) is 22.7. The Bertz CT molecular complexity index is 1290. The van der Waals surface area contributed by atoms with E-state index in [1.54, 1.807) is 18.3 Å². The smallest absolute Gasteiger partial charge is 0.410 e. The molecule has 1 spiro atoms. The van der Waals surface area contributed by atoms with Crippen molar-refractivity contribution in [3.05, 3.63) is 65.1 Å². The Labute approximate surface area is 223 Å². The average molecular weight is 524 g/mol. The van der Waals surface area contributed by atoms with Crippen LogP contribution < -0.4 is 0 Å². The molecule has 3 aromatic rings. The van der Waals surface area contributed by atoms with Crippen LogP contribution in [0.4, 0.5) is 9.18 Å². The first-order chi connectivity index (χ1) is 17.6. The van der Waals surface area contributed by atoms with Crippen LogP contribution in [0.5, 0.6) is 0 Å². The molecule has 196 valence electrons. The summed E-state index contributed by atoms with van der Waals surface area (Å²) in [6.45, 7) is 9.96. The third-order valence-electron chi connectivity index (χ3n) is 7.83. The predicted octanol–water partition coefficient (Wildman–Crippen LogP) is 7.31. The second-order valence-electron chi connectivity index (χ2n) is 11.6. The second kappa shape index (κ2) is 10.2. The number of amides is 1. The summed E-state index contributed by atoms with van der Waals surface area (Å²) in [4.78, 5) is 21.0. The molecule has 0 aliphatic carbocycles. The summed E-state index contributed by atoms with van der Waals surface area (Å²) >= 11 is 6.33. The first-order valence-electron chi connectivity index (χ1n) is 13.1. The van der Waals surface area contributed by atoms with Gasteiger partial charge in [-0.1, -0.05) is 29.8 Å². The van der Waals surface area contributed by atoms with Crippen LogP contribution in [0.2, 0.25) is 5.02 Å². The molecule has 0 radical (unpaired) electrons. The number of ether oxygens (including phenoxy) is 1. The summed E-state index contributed by atoms with van der Waals surface area (Å²) in [7, 11) is 0. The number of carbonyl (C=O) groups excluding carboxylic acids is 1. The highest BCUT2D eigenvalue weighted by molar-refractivity contribution is 6.35. The molecule has 2 aromatic carbocycles. The van der Waals surface area contributed by atoms with Gasteiger partial charge in [-0.15, -0.1) is 0 Å². The van der Waals surface area contributed by atoms with Crippen molar-refractivity contribution in [2.45, 2.75) is 58.6 Å². The summed E-state index contributed by atoms with van der Waals surface area (Å²) < 4.78 is 20.7. The van der Waals surface area contributed by atoms with Gasteiger partial charge in [0.2, 0.25) is 0 Å². The maximum absolute atomic E-state index is 15.2. The molecule has 0 bridgehead atoms. The van der Waals surface area contributed by atoms with Gasteiger partial charge in [-0.25, -0.2) is 9.18 Å². The van der Waals surface area contributed by atoms with E-state index in [0.29, 0.717) is 16.0 Å². The molecule has 1 aromatic heterocycles. The number of piperidine rings is 2. The molecule has 1 amide bonds. The number of rotatable bonds is 3. The lowest BCUT2D eigenvalue weighted by molar-refractivity contribution is -0.00313. The number of benzene rings is 2. The first-order valence-corrected chi connectivity index (χ1v) is 13.5. The summed E-state index contributed by atoms with van der Waals surface area (Å²) in [6.07, 6.45) is 5.75. The van der Waals surface area contributed by atoms with Crippen molar-refractivity contribution in [2.24, 2.45) is 5.41 Å². The minimum atomic E-state index is -0.462. The third-order valence-corrected chi connectivity index (χ3v) is 8.16. The van der Waals surface area contributed by atoms with E-state index in [1.807, 2.05) is 56.0 Å². The van der Waals surface area contributed by atoms with Crippen molar-refractivity contribution in [1.82, 2.24) is 14.8 Å². The average Bonchev–Trinajstić information content (AvgIpc) is 2.85. The van der Waals surface area contributed by atoms with E-state index in [1.165, 1.54) is 0 Å². The highest BCUT2D eigenvalue weighted by Gasteiger charge is 2.39. The Morgan fingerprint density at radius 1 is 1.03 bits per heavy atom. The Hall–Kier alpha value is -2.70. The number of carbonyl (C=O) groups is 1. The molecule has 2 fully saturated rings. The van der Waals surface area contributed by atoms with Gasteiger partial charge in [0, 0.05) is 36.8 Å². The molecule has 2 aliphatic rings. The Balaban J connectivity index is 1.17. The highest BCUT2D eigenvalue weighted by Crippen LogP contribution is 2.42. The fraction of sp³-hybridized carbons (Fsp3) is 0.467. The number of halogens is 2. The summed E-state index contributed by atoms with van der Waals surface area (Å²) in [5.41, 5.74) is 2.99. The van der Waals surface area contributed by atoms with E-state index in [9.17, 15) is 4.79 Å². The zero-order chi connectivity index (χ0) is 26.2. The first kappa shape index (κ1) is 25.9. The summed E-state index contributed by atoms with van der Waals surface area (Å²) in [6, 6.07) is 13.0. The number of nitrogens with zero attached hydrogens (tertiary/aromatic N) is 3. The van der Waals surface area contributed by atoms with Gasteiger partial charge in [0.25, 0.3) is 0 Å². The van der Waals surface area contributed by atoms with E-state index in [4.69, 9.17) is 16.3 Å². The monoisotopic (exact) mass is 523 g/mol. The van der Waals surface area contributed by atoms with Crippen molar-refractivity contribution in [2.75, 3.05) is 26.2 Å². The molecule has 0 atom stereocenters.